The molecule has 1 aromatic carbocycles. The first-order valence-corrected chi connectivity index (χ1v) is 9.26. The lowest BCUT2D eigenvalue weighted by atomic mass is 9.84. The number of likely N-dealkylation sites (tertiary alicyclic amines) is 1. The fourth-order valence-corrected chi connectivity index (χ4v) is 3.95. The van der Waals surface area contributed by atoms with E-state index in [2.05, 4.69) is 47.5 Å². The average molecular weight is 314 g/mol. The Labute approximate surface area is 140 Å². The van der Waals surface area contributed by atoms with E-state index >= 15 is 0 Å². The number of rotatable bonds is 6. The molecule has 1 saturated carbocycles. The van der Waals surface area contributed by atoms with Crippen LogP contribution in [0.5, 0.6) is 0 Å². The normalized spacial score (nSPS) is 25.8. The molecular formula is C20H30N2O. The van der Waals surface area contributed by atoms with Crippen LogP contribution in [0.25, 0.3) is 0 Å². The minimum atomic E-state index is -0.288. The zero-order valence-corrected chi connectivity index (χ0v) is 14.4. The molecule has 2 aliphatic rings. The second-order valence-electron chi connectivity index (χ2n) is 7.46. The van der Waals surface area contributed by atoms with E-state index in [9.17, 15) is 4.79 Å². The molecule has 0 bridgehead atoms. The van der Waals surface area contributed by atoms with E-state index in [1.165, 1.54) is 37.7 Å². The second kappa shape index (κ2) is 7.48. The van der Waals surface area contributed by atoms with Crippen molar-refractivity contribution in [3.8, 4) is 0 Å². The largest absolute Gasteiger partial charge is 0.354 e. The van der Waals surface area contributed by atoms with E-state index in [4.69, 9.17) is 0 Å². The second-order valence-corrected chi connectivity index (χ2v) is 7.46. The minimum absolute atomic E-state index is 0.238. The van der Waals surface area contributed by atoms with E-state index in [-0.39, 0.29) is 11.4 Å². The maximum atomic E-state index is 12.7. The molecule has 126 valence electrons. The van der Waals surface area contributed by atoms with Crippen LogP contribution < -0.4 is 5.32 Å². The fourth-order valence-electron chi connectivity index (χ4n) is 3.95. The molecule has 1 unspecified atom stereocenters. The van der Waals surface area contributed by atoms with Crippen molar-refractivity contribution < 1.29 is 4.79 Å². The number of hydrogen-bond acceptors (Lipinski definition) is 2. The topological polar surface area (TPSA) is 32.3 Å². The van der Waals surface area contributed by atoms with Crippen molar-refractivity contribution in [2.24, 2.45) is 5.92 Å². The van der Waals surface area contributed by atoms with Crippen molar-refractivity contribution in [3.63, 3.8) is 0 Å². The number of nitrogens with zero attached hydrogens (tertiary/aromatic N) is 1. The standard InChI is InChI=1S/C20H30N2O/c1-20(19(23)21-16-18-10-6-3-7-11-18)13-15-22(20)14-12-17-8-4-2-5-9-17/h2,4-5,8-9,18H,3,6-7,10-16H2,1H3,(H,21,23). The number of carbonyl (C=O) groups excluding carboxylic acids is 1. The molecule has 1 N–H and O–H groups in total. The van der Waals surface area contributed by atoms with Crippen LogP contribution >= 0.6 is 0 Å². The van der Waals surface area contributed by atoms with Gasteiger partial charge in [0.1, 0.15) is 0 Å². The molecule has 1 aliphatic carbocycles. The van der Waals surface area contributed by atoms with Crippen molar-refractivity contribution in [2.75, 3.05) is 19.6 Å². The molecule has 3 rings (SSSR count). The third-order valence-corrected chi connectivity index (χ3v) is 5.84. The molecule has 1 atom stereocenters. The highest BCUT2D eigenvalue weighted by Crippen LogP contribution is 2.31. The van der Waals surface area contributed by atoms with E-state index in [1.807, 2.05) is 0 Å². The number of nitrogens with one attached hydrogen (secondary N) is 1. The first-order valence-electron chi connectivity index (χ1n) is 9.26. The van der Waals surface area contributed by atoms with Gasteiger partial charge < -0.3 is 5.32 Å². The maximum absolute atomic E-state index is 12.7. The fraction of sp³-hybridized carbons (Fsp3) is 0.650. The minimum Gasteiger partial charge on any atom is -0.354 e. The third kappa shape index (κ3) is 3.95. The first kappa shape index (κ1) is 16.5. The monoisotopic (exact) mass is 314 g/mol. The van der Waals surface area contributed by atoms with E-state index in [0.29, 0.717) is 5.92 Å². The Morgan fingerprint density at radius 1 is 1.22 bits per heavy atom. The Balaban J connectivity index is 1.46. The summed E-state index contributed by atoms with van der Waals surface area (Å²) in [5, 5.41) is 3.24. The van der Waals surface area contributed by atoms with Gasteiger partial charge in [0, 0.05) is 19.6 Å². The number of benzene rings is 1. The van der Waals surface area contributed by atoms with Crippen LogP contribution in [-0.4, -0.2) is 36.0 Å². The molecule has 23 heavy (non-hydrogen) atoms. The summed E-state index contributed by atoms with van der Waals surface area (Å²) in [5.74, 6) is 0.941. The lowest BCUT2D eigenvalue weighted by Gasteiger charge is -2.49. The summed E-state index contributed by atoms with van der Waals surface area (Å²) in [4.78, 5) is 15.0. The summed E-state index contributed by atoms with van der Waals surface area (Å²) >= 11 is 0. The predicted molar refractivity (Wildman–Crippen MR) is 94.3 cm³/mol. The Hall–Kier alpha value is -1.35. The van der Waals surface area contributed by atoms with Gasteiger partial charge in [-0.3, -0.25) is 9.69 Å². The molecular weight excluding hydrogens is 284 g/mol. The van der Waals surface area contributed by atoms with Crippen LogP contribution in [0.1, 0.15) is 51.0 Å². The van der Waals surface area contributed by atoms with Gasteiger partial charge in [0.15, 0.2) is 0 Å². The van der Waals surface area contributed by atoms with Gasteiger partial charge in [0.05, 0.1) is 5.54 Å². The van der Waals surface area contributed by atoms with Gasteiger partial charge in [0.25, 0.3) is 0 Å². The number of amides is 1. The Bertz CT molecular complexity index is 510. The molecule has 0 aromatic heterocycles. The molecule has 0 spiro atoms. The van der Waals surface area contributed by atoms with Crippen molar-refractivity contribution in [1.29, 1.82) is 0 Å². The summed E-state index contributed by atoms with van der Waals surface area (Å²) in [5.41, 5.74) is 1.06. The molecule has 0 radical (unpaired) electrons. The lowest BCUT2D eigenvalue weighted by molar-refractivity contribution is -0.141. The van der Waals surface area contributed by atoms with Gasteiger partial charge in [-0.05, 0) is 44.1 Å². The van der Waals surface area contributed by atoms with Crippen molar-refractivity contribution >= 4 is 5.91 Å². The van der Waals surface area contributed by atoms with Gasteiger partial charge in [-0.2, -0.15) is 0 Å². The number of hydrogen-bond donors (Lipinski definition) is 1. The van der Waals surface area contributed by atoms with E-state index in [1.54, 1.807) is 0 Å². The highest BCUT2D eigenvalue weighted by Gasteiger charge is 2.46. The van der Waals surface area contributed by atoms with Crippen molar-refractivity contribution in [3.05, 3.63) is 35.9 Å². The highest BCUT2D eigenvalue weighted by molar-refractivity contribution is 5.86. The van der Waals surface area contributed by atoms with E-state index < -0.39 is 0 Å². The van der Waals surface area contributed by atoms with Crippen LogP contribution in [0.3, 0.4) is 0 Å². The van der Waals surface area contributed by atoms with Crippen LogP contribution in [-0.2, 0) is 11.2 Å². The highest BCUT2D eigenvalue weighted by atomic mass is 16.2. The Morgan fingerprint density at radius 3 is 2.61 bits per heavy atom. The summed E-state index contributed by atoms with van der Waals surface area (Å²) < 4.78 is 0. The maximum Gasteiger partial charge on any atom is 0.240 e. The summed E-state index contributed by atoms with van der Waals surface area (Å²) in [6.07, 6.45) is 8.62. The lowest BCUT2D eigenvalue weighted by Crippen LogP contribution is -2.66. The zero-order valence-electron chi connectivity index (χ0n) is 14.4. The molecule has 1 saturated heterocycles. The van der Waals surface area contributed by atoms with Gasteiger partial charge in [-0.1, -0.05) is 49.6 Å². The van der Waals surface area contributed by atoms with E-state index in [0.717, 1.165) is 32.5 Å². The van der Waals surface area contributed by atoms with Crippen LogP contribution in [0.4, 0.5) is 0 Å². The Kier molecular flexibility index (Phi) is 5.37. The van der Waals surface area contributed by atoms with Crippen LogP contribution in [0.15, 0.2) is 30.3 Å². The van der Waals surface area contributed by atoms with Gasteiger partial charge >= 0.3 is 0 Å². The van der Waals surface area contributed by atoms with Crippen LogP contribution in [0, 0.1) is 5.92 Å². The number of carbonyl (C=O) groups is 1. The summed E-state index contributed by atoms with van der Waals surface area (Å²) in [7, 11) is 0. The Morgan fingerprint density at radius 2 is 1.96 bits per heavy atom. The molecule has 3 nitrogen and oxygen atoms in total. The molecule has 1 aromatic rings. The quantitative estimate of drug-likeness (QED) is 0.873. The molecule has 1 heterocycles. The zero-order chi connectivity index (χ0) is 16.1. The SMILES string of the molecule is CC1(C(=O)NCC2CCCCC2)CCN1CCc1ccccc1. The van der Waals surface area contributed by atoms with Crippen LogP contribution in [0.2, 0.25) is 0 Å². The molecule has 2 fully saturated rings. The molecule has 1 amide bonds. The smallest absolute Gasteiger partial charge is 0.240 e. The summed E-state index contributed by atoms with van der Waals surface area (Å²) in [6.45, 7) is 5.00. The van der Waals surface area contributed by atoms with Crippen molar-refractivity contribution in [1.82, 2.24) is 10.2 Å². The first-order chi connectivity index (χ1) is 11.2. The van der Waals surface area contributed by atoms with Gasteiger partial charge in [-0.15, -0.1) is 0 Å². The average Bonchev–Trinajstić information content (AvgIpc) is 2.60. The molecule has 1 aliphatic heterocycles. The predicted octanol–water partition coefficient (Wildman–Crippen LogP) is 3.39. The summed E-state index contributed by atoms with van der Waals surface area (Å²) in [6, 6.07) is 10.6. The van der Waals surface area contributed by atoms with Gasteiger partial charge in [0.2, 0.25) is 5.91 Å². The van der Waals surface area contributed by atoms with Crippen molar-refractivity contribution in [2.45, 2.75) is 57.4 Å². The molecule has 3 heteroatoms. The third-order valence-electron chi connectivity index (χ3n) is 5.84. The van der Waals surface area contributed by atoms with Gasteiger partial charge in [-0.25, -0.2) is 0 Å².